The highest BCUT2D eigenvalue weighted by Gasteiger charge is 2.33. The number of hydrogen-bond donors (Lipinski definition) is 2. The molecule has 3 heterocycles. The van der Waals surface area contributed by atoms with Crippen LogP contribution < -0.4 is 5.32 Å². The number of piperidine rings is 3. The fraction of sp³-hybridized carbons (Fsp3) is 0.600. The minimum absolute atomic E-state index is 0.229. The predicted molar refractivity (Wildman–Crippen MR) is 73.8 cm³/mol. The largest absolute Gasteiger partial charge is 0.396 e. The van der Waals surface area contributed by atoms with Gasteiger partial charge in [0.15, 0.2) is 0 Å². The summed E-state index contributed by atoms with van der Waals surface area (Å²) in [6.07, 6.45) is 3.45. The molecule has 1 aromatic rings. The van der Waals surface area contributed by atoms with Gasteiger partial charge in [0.05, 0.1) is 0 Å². The molecular weight excluding hydrogens is 224 g/mol. The van der Waals surface area contributed by atoms with Crippen LogP contribution in [-0.4, -0.2) is 42.3 Å². The van der Waals surface area contributed by atoms with E-state index >= 15 is 0 Å². The van der Waals surface area contributed by atoms with Crippen molar-refractivity contribution in [2.45, 2.75) is 25.3 Å². The quantitative estimate of drug-likeness (QED) is 0.849. The Labute approximate surface area is 109 Å². The highest BCUT2D eigenvalue weighted by atomic mass is 16.2. The van der Waals surface area contributed by atoms with Crippen LogP contribution in [0.4, 0.5) is 5.69 Å². The van der Waals surface area contributed by atoms with E-state index in [0.29, 0.717) is 6.04 Å². The molecule has 0 saturated carbocycles. The second kappa shape index (κ2) is 5.29. The van der Waals surface area contributed by atoms with Crippen molar-refractivity contribution in [2.75, 3.05) is 31.6 Å². The van der Waals surface area contributed by atoms with Gasteiger partial charge in [-0.1, -0.05) is 12.1 Å². The Balaban J connectivity index is 1.62. The van der Waals surface area contributed by atoms with Crippen molar-refractivity contribution in [3.63, 3.8) is 0 Å². The summed E-state index contributed by atoms with van der Waals surface area (Å²) in [5.41, 5.74) is 2.42. The minimum Gasteiger partial charge on any atom is -0.396 e. The number of fused-ring (bicyclic) bond motifs is 3. The predicted octanol–water partition coefficient (Wildman–Crippen LogP) is 1.73. The van der Waals surface area contributed by atoms with Crippen molar-refractivity contribution in [2.24, 2.45) is 5.92 Å². The molecule has 0 radical (unpaired) electrons. The maximum atomic E-state index is 8.90. The van der Waals surface area contributed by atoms with Gasteiger partial charge in [-0.2, -0.15) is 0 Å². The monoisotopic (exact) mass is 246 g/mol. The molecule has 3 heteroatoms. The molecule has 0 aromatic heterocycles. The average Bonchev–Trinajstić information content (AvgIpc) is 2.43. The van der Waals surface area contributed by atoms with Crippen molar-refractivity contribution in [3.8, 4) is 0 Å². The van der Waals surface area contributed by atoms with Crippen LogP contribution in [0.1, 0.15) is 18.4 Å². The topological polar surface area (TPSA) is 35.5 Å². The van der Waals surface area contributed by atoms with Gasteiger partial charge in [-0.05, 0) is 56.0 Å². The van der Waals surface area contributed by atoms with Gasteiger partial charge in [-0.25, -0.2) is 0 Å². The van der Waals surface area contributed by atoms with E-state index in [-0.39, 0.29) is 6.61 Å². The molecule has 2 bridgehead atoms. The van der Waals surface area contributed by atoms with Gasteiger partial charge < -0.3 is 15.3 Å². The van der Waals surface area contributed by atoms with Crippen LogP contribution in [0, 0.1) is 5.92 Å². The maximum Gasteiger partial charge on any atom is 0.0471 e. The molecule has 1 atom stereocenters. The van der Waals surface area contributed by atoms with Crippen molar-refractivity contribution >= 4 is 5.69 Å². The summed E-state index contributed by atoms with van der Waals surface area (Å²) in [5, 5.41) is 12.6. The normalized spacial score (nSPS) is 30.4. The molecule has 3 aliphatic heterocycles. The van der Waals surface area contributed by atoms with E-state index in [1.54, 1.807) is 0 Å². The van der Waals surface area contributed by atoms with E-state index in [9.17, 15) is 0 Å². The molecular formula is C15H22N2O. The van der Waals surface area contributed by atoms with E-state index < -0.39 is 0 Å². The molecule has 18 heavy (non-hydrogen) atoms. The number of benzene rings is 1. The number of aliphatic hydroxyl groups excluding tert-OH is 1. The zero-order chi connectivity index (χ0) is 12.4. The van der Waals surface area contributed by atoms with E-state index in [1.165, 1.54) is 43.7 Å². The first kappa shape index (κ1) is 12.0. The number of rotatable bonds is 4. The lowest BCUT2D eigenvalue weighted by Gasteiger charge is -2.45. The molecule has 4 rings (SSSR count). The summed E-state index contributed by atoms with van der Waals surface area (Å²) in [6.45, 7) is 4.01. The fourth-order valence-electron chi connectivity index (χ4n) is 3.24. The molecule has 98 valence electrons. The van der Waals surface area contributed by atoms with Crippen LogP contribution in [0.25, 0.3) is 0 Å². The van der Waals surface area contributed by atoms with Crippen LogP contribution in [-0.2, 0) is 6.42 Å². The van der Waals surface area contributed by atoms with Gasteiger partial charge in [0.1, 0.15) is 0 Å². The van der Waals surface area contributed by atoms with Crippen LogP contribution in [0.5, 0.6) is 0 Å². The molecule has 1 unspecified atom stereocenters. The van der Waals surface area contributed by atoms with E-state index in [2.05, 4.69) is 34.5 Å². The van der Waals surface area contributed by atoms with Gasteiger partial charge in [0.2, 0.25) is 0 Å². The Morgan fingerprint density at radius 1 is 1.17 bits per heavy atom. The summed E-state index contributed by atoms with van der Waals surface area (Å²) >= 11 is 0. The number of hydrogen-bond acceptors (Lipinski definition) is 3. The number of nitrogens with zero attached hydrogens (tertiary/aromatic N) is 1. The number of aliphatic hydroxyl groups is 1. The highest BCUT2D eigenvalue weighted by Crippen LogP contribution is 2.29. The summed E-state index contributed by atoms with van der Waals surface area (Å²) in [5.74, 6) is 0.854. The van der Waals surface area contributed by atoms with Crippen molar-refractivity contribution < 1.29 is 5.11 Å². The molecule has 0 amide bonds. The second-order valence-electron chi connectivity index (χ2n) is 5.56. The third kappa shape index (κ3) is 2.52. The SMILES string of the molecule is OCCc1ccc(NC2CN3CCC2CC3)cc1. The molecule has 3 nitrogen and oxygen atoms in total. The first-order valence-electron chi connectivity index (χ1n) is 7.04. The molecule has 1 aromatic carbocycles. The summed E-state index contributed by atoms with van der Waals surface area (Å²) < 4.78 is 0. The lowest BCUT2D eigenvalue weighted by atomic mass is 9.84. The lowest BCUT2D eigenvalue weighted by Crippen LogP contribution is -2.53. The van der Waals surface area contributed by atoms with E-state index in [0.717, 1.165) is 12.3 Å². The van der Waals surface area contributed by atoms with Crippen LogP contribution >= 0.6 is 0 Å². The summed E-state index contributed by atoms with van der Waals surface area (Å²) in [6, 6.07) is 9.13. The Bertz CT molecular complexity index is 382. The third-order valence-corrected chi connectivity index (χ3v) is 4.36. The summed E-state index contributed by atoms with van der Waals surface area (Å²) in [7, 11) is 0. The zero-order valence-electron chi connectivity index (χ0n) is 10.8. The average molecular weight is 246 g/mol. The Kier molecular flexibility index (Phi) is 3.52. The highest BCUT2D eigenvalue weighted by molar-refractivity contribution is 5.46. The molecule has 2 N–H and O–H groups in total. The van der Waals surface area contributed by atoms with E-state index in [4.69, 9.17) is 5.11 Å². The second-order valence-corrected chi connectivity index (χ2v) is 5.56. The smallest absolute Gasteiger partial charge is 0.0471 e. The molecule has 0 aliphatic carbocycles. The molecule has 0 spiro atoms. The van der Waals surface area contributed by atoms with Crippen molar-refractivity contribution in [1.82, 2.24) is 4.90 Å². The van der Waals surface area contributed by atoms with Crippen molar-refractivity contribution in [3.05, 3.63) is 29.8 Å². The van der Waals surface area contributed by atoms with Gasteiger partial charge in [-0.15, -0.1) is 0 Å². The first-order valence-corrected chi connectivity index (χ1v) is 7.04. The van der Waals surface area contributed by atoms with Gasteiger partial charge in [-0.3, -0.25) is 0 Å². The third-order valence-electron chi connectivity index (χ3n) is 4.36. The Hall–Kier alpha value is -1.06. The minimum atomic E-state index is 0.229. The Morgan fingerprint density at radius 3 is 2.44 bits per heavy atom. The van der Waals surface area contributed by atoms with Gasteiger partial charge >= 0.3 is 0 Å². The van der Waals surface area contributed by atoms with Crippen LogP contribution in [0.15, 0.2) is 24.3 Å². The van der Waals surface area contributed by atoms with E-state index in [1.807, 2.05) is 0 Å². The number of nitrogens with one attached hydrogen (secondary N) is 1. The standard InChI is InChI=1S/C15H22N2O/c18-10-7-12-1-3-14(4-2-12)16-15-11-17-8-5-13(15)6-9-17/h1-4,13,15-16,18H,5-11H2. The van der Waals surface area contributed by atoms with Gasteiger partial charge in [0, 0.05) is 24.9 Å². The molecule has 3 aliphatic rings. The molecule has 3 saturated heterocycles. The zero-order valence-corrected chi connectivity index (χ0v) is 10.8. The Morgan fingerprint density at radius 2 is 1.89 bits per heavy atom. The van der Waals surface area contributed by atoms with Gasteiger partial charge in [0.25, 0.3) is 0 Å². The maximum absolute atomic E-state index is 8.90. The number of anilines is 1. The lowest BCUT2D eigenvalue weighted by molar-refractivity contribution is 0.0975. The fourth-order valence-corrected chi connectivity index (χ4v) is 3.24. The van der Waals surface area contributed by atoms with Crippen molar-refractivity contribution in [1.29, 1.82) is 0 Å². The molecule has 3 fully saturated rings. The van der Waals surface area contributed by atoms with Crippen LogP contribution in [0.3, 0.4) is 0 Å². The first-order chi connectivity index (χ1) is 8.85. The summed E-state index contributed by atoms with van der Waals surface area (Å²) in [4.78, 5) is 2.57. The van der Waals surface area contributed by atoms with Crippen LogP contribution in [0.2, 0.25) is 0 Å².